The van der Waals surface area contributed by atoms with Crippen LogP contribution < -0.4 is 0 Å². The quantitative estimate of drug-likeness (QED) is 0.643. The van der Waals surface area contributed by atoms with Crippen LogP contribution in [0.3, 0.4) is 0 Å². The Bertz CT molecular complexity index is 435. The number of hydrogen-bond acceptors (Lipinski definition) is 6. The molecule has 0 radical (unpaired) electrons. The van der Waals surface area contributed by atoms with Gasteiger partial charge in [0.2, 0.25) is 5.91 Å². The van der Waals surface area contributed by atoms with Gasteiger partial charge in [0.1, 0.15) is 6.23 Å². The Hall–Kier alpha value is -1.93. The van der Waals surface area contributed by atoms with Crippen LogP contribution in [0.5, 0.6) is 0 Å². The summed E-state index contributed by atoms with van der Waals surface area (Å²) >= 11 is 0. The molecule has 104 valence electrons. The molecule has 2 unspecified atom stereocenters. The van der Waals surface area contributed by atoms with Crippen LogP contribution in [0.15, 0.2) is 12.2 Å². The molecule has 0 aromatic heterocycles. The van der Waals surface area contributed by atoms with E-state index < -0.39 is 30.2 Å². The van der Waals surface area contributed by atoms with Crippen molar-refractivity contribution in [1.29, 1.82) is 0 Å². The Morgan fingerprint density at radius 1 is 1.42 bits per heavy atom. The Balaban J connectivity index is 1.79. The molecule has 0 spiro atoms. The molecule has 0 aliphatic carbocycles. The summed E-state index contributed by atoms with van der Waals surface area (Å²) in [5.74, 6) is -1.60. The largest absolute Gasteiger partial charge is 0.370 e. The van der Waals surface area contributed by atoms with Crippen LogP contribution in [-0.2, 0) is 19.2 Å². The summed E-state index contributed by atoms with van der Waals surface area (Å²) in [5, 5.41) is 19.4. The van der Waals surface area contributed by atoms with Gasteiger partial charge < -0.3 is 20.0 Å². The highest BCUT2D eigenvalue weighted by Gasteiger charge is 2.33. The van der Waals surface area contributed by atoms with Crippen molar-refractivity contribution in [3.8, 4) is 0 Å². The Morgan fingerprint density at radius 3 is 2.68 bits per heavy atom. The average molecular weight is 270 g/mol. The molecule has 0 aromatic carbocycles. The average Bonchev–Trinajstić information content (AvgIpc) is 2.84. The molecule has 2 amide bonds. The van der Waals surface area contributed by atoms with Crippen LogP contribution in [0.4, 0.5) is 0 Å². The van der Waals surface area contributed by atoms with E-state index in [1.165, 1.54) is 12.2 Å². The monoisotopic (exact) mass is 270 g/mol. The van der Waals surface area contributed by atoms with Gasteiger partial charge in [-0.3, -0.25) is 9.59 Å². The zero-order valence-corrected chi connectivity index (χ0v) is 10.1. The zero-order chi connectivity index (χ0) is 14.0. The SMILES string of the molecule is O=C(CCN1C(=O)C=CC1O)ON1C(=O)CCC1O. The van der Waals surface area contributed by atoms with E-state index in [1.807, 2.05) is 0 Å². The third-order valence-electron chi connectivity index (χ3n) is 2.90. The molecule has 2 aliphatic rings. The summed E-state index contributed by atoms with van der Waals surface area (Å²) in [5.41, 5.74) is 0. The first-order valence-electron chi connectivity index (χ1n) is 5.87. The standard InChI is InChI=1S/C11H14N2O6/c14-7-1-2-8(15)12(7)6-5-11(18)19-13-9(16)3-4-10(13)17/h1-2,7,9,14,16H,3-6H2. The molecule has 2 heterocycles. The van der Waals surface area contributed by atoms with E-state index in [-0.39, 0.29) is 25.8 Å². The van der Waals surface area contributed by atoms with E-state index in [1.54, 1.807) is 0 Å². The number of aliphatic hydroxyl groups excluding tert-OH is 2. The Kier molecular flexibility index (Phi) is 3.82. The molecule has 0 saturated carbocycles. The number of hydroxylamine groups is 2. The first-order chi connectivity index (χ1) is 8.99. The fourth-order valence-electron chi connectivity index (χ4n) is 1.87. The highest BCUT2D eigenvalue weighted by Crippen LogP contribution is 2.17. The third-order valence-corrected chi connectivity index (χ3v) is 2.90. The van der Waals surface area contributed by atoms with Gasteiger partial charge in [-0.05, 0) is 6.08 Å². The molecule has 2 N–H and O–H groups in total. The fraction of sp³-hybridized carbons (Fsp3) is 0.545. The minimum absolute atomic E-state index is 0.0239. The van der Waals surface area contributed by atoms with Gasteiger partial charge in [0, 0.05) is 25.5 Å². The maximum absolute atomic E-state index is 11.5. The smallest absolute Gasteiger partial charge is 0.334 e. The summed E-state index contributed by atoms with van der Waals surface area (Å²) in [6, 6.07) is 0. The number of amides is 2. The summed E-state index contributed by atoms with van der Waals surface area (Å²) in [7, 11) is 0. The molecule has 1 saturated heterocycles. The highest BCUT2D eigenvalue weighted by molar-refractivity contribution is 5.90. The molecule has 2 atom stereocenters. The second-order valence-corrected chi connectivity index (χ2v) is 4.26. The first-order valence-corrected chi connectivity index (χ1v) is 5.87. The van der Waals surface area contributed by atoms with Gasteiger partial charge in [-0.1, -0.05) is 0 Å². The van der Waals surface area contributed by atoms with Gasteiger partial charge >= 0.3 is 5.97 Å². The van der Waals surface area contributed by atoms with E-state index in [9.17, 15) is 24.6 Å². The normalized spacial score (nSPS) is 26.4. The number of rotatable bonds is 4. The van der Waals surface area contributed by atoms with Crippen LogP contribution in [-0.4, -0.2) is 57.0 Å². The molecule has 0 aromatic rings. The third kappa shape index (κ3) is 2.91. The maximum Gasteiger partial charge on any atom is 0.334 e. The van der Waals surface area contributed by atoms with Crippen LogP contribution in [0.25, 0.3) is 0 Å². The maximum atomic E-state index is 11.5. The summed E-state index contributed by atoms with van der Waals surface area (Å²) in [6.45, 7) is -0.0239. The van der Waals surface area contributed by atoms with Crippen molar-refractivity contribution in [2.45, 2.75) is 31.7 Å². The molecule has 8 heteroatoms. The number of aliphatic hydroxyl groups is 2. The van der Waals surface area contributed by atoms with Crippen LogP contribution in [0.1, 0.15) is 19.3 Å². The number of carbonyl (C=O) groups is 3. The second-order valence-electron chi connectivity index (χ2n) is 4.26. The Labute approximate surface area is 108 Å². The van der Waals surface area contributed by atoms with Gasteiger partial charge in [-0.2, -0.15) is 0 Å². The predicted molar refractivity (Wildman–Crippen MR) is 59.7 cm³/mol. The van der Waals surface area contributed by atoms with Crippen molar-refractivity contribution < 1.29 is 29.4 Å². The van der Waals surface area contributed by atoms with Gasteiger partial charge in [0.25, 0.3) is 5.91 Å². The fourth-order valence-corrected chi connectivity index (χ4v) is 1.87. The van der Waals surface area contributed by atoms with E-state index in [4.69, 9.17) is 4.84 Å². The first kappa shape index (κ1) is 13.5. The second kappa shape index (κ2) is 5.37. The van der Waals surface area contributed by atoms with Crippen LogP contribution >= 0.6 is 0 Å². The minimum Gasteiger partial charge on any atom is -0.370 e. The molecule has 19 heavy (non-hydrogen) atoms. The van der Waals surface area contributed by atoms with Gasteiger partial charge in [-0.15, -0.1) is 5.06 Å². The van der Waals surface area contributed by atoms with Crippen molar-refractivity contribution in [3.05, 3.63) is 12.2 Å². The van der Waals surface area contributed by atoms with Gasteiger partial charge in [0.05, 0.1) is 6.42 Å². The van der Waals surface area contributed by atoms with Crippen molar-refractivity contribution in [1.82, 2.24) is 9.96 Å². The minimum atomic E-state index is -1.11. The molecule has 2 aliphatic heterocycles. The molecule has 8 nitrogen and oxygen atoms in total. The van der Waals surface area contributed by atoms with Crippen molar-refractivity contribution in [2.75, 3.05) is 6.54 Å². The zero-order valence-electron chi connectivity index (χ0n) is 10.1. The Morgan fingerprint density at radius 2 is 2.16 bits per heavy atom. The predicted octanol–water partition coefficient (Wildman–Crippen LogP) is -1.51. The molecule has 1 fully saturated rings. The van der Waals surface area contributed by atoms with Gasteiger partial charge in [-0.25, -0.2) is 4.79 Å². The molecular weight excluding hydrogens is 256 g/mol. The lowest BCUT2D eigenvalue weighted by Gasteiger charge is -2.21. The van der Waals surface area contributed by atoms with E-state index in [0.717, 1.165) is 4.90 Å². The number of nitrogens with zero attached hydrogens (tertiary/aromatic N) is 2. The topological polar surface area (TPSA) is 107 Å². The van der Waals surface area contributed by atoms with Gasteiger partial charge in [0.15, 0.2) is 6.23 Å². The van der Waals surface area contributed by atoms with E-state index >= 15 is 0 Å². The molecular formula is C11H14N2O6. The number of hydrogen-bond donors (Lipinski definition) is 2. The lowest BCUT2D eigenvalue weighted by Crippen LogP contribution is -2.38. The molecule has 2 rings (SSSR count). The lowest BCUT2D eigenvalue weighted by atomic mass is 10.4. The van der Waals surface area contributed by atoms with E-state index in [0.29, 0.717) is 5.06 Å². The molecule has 0 bridgehead atoms. The summed E-state index contributed by atoms with van der Waals surface area (Å²) in [6.07, 6.45) is 0.532. The van der Waals surface area contributed by atoms with Crippen LogP contribution in [0.2, 0.25) is 0 Å². The van der Waals surface area contributed by atoms with Crippen molar-refractivity contribution in [2.24, 2.45) is 0 Å². The highest BCUT2D eigenvalue weighted by atomic mass is 16.7. The summed E-state index contributed by atoms with van der Waals surface area (Å²) in [4.78, 5) is 39.8. The van der Waals surface area contributed by atoms with Crippen molar-refractivity contribution in [3.63, 3.8) is 0 Å². The van der Waals surface area contributed by atoms with Crippen molar-refractivity contribution >= 4 is 17.8 Å². The van der Waals surface area contributed by atoms with Crippen LogP contribution in [0, 0.1) is 0 Å². The lowest BCUT2D eigenvalue weighted by molar-refractivity contribution is -0.220. The van der Waals surface area contributed by atoms with E-state index in [2.05, 4.69) is 0 Å². The summed E-state index contributed by atoms with van der Waals surface area (Å²) < 4.78 is 0. The number of carbonyl (C=O) groups excluding carboxylic acids is 3.